The van der Waals surface area contributed by atoms with E-state index in [9.17, 15) is 0 Å². The molecule has 0 amide bonds. The largest absolute Gasteiger partial charge is 0.383 e. The molecule has 0 fully saturated rings. The molecule has 0 saturated heterocycles. The zero-order chi connectivity index (χ0) is 13.2. The molecule has 0 bridgehead atoms. The SMILES string of the molecule is Cc1ccc2snc(N=C(N)c3ccccc3)c2c1. The molecule has 94 valence electrons. The number of benzene rings is 2. The maximum absolute atomic E-state index is 6.03. The average molecular weight is 267 g/mol. The van der Waals surface area contributed by atoms with E-state index in [1.165, 1.54) is 17.1 Å². The van der Waals surface area contributed by atoms with Crippen LogP contribution in [0.25, 0.3) is 10.1 Å². The van der Waals surface area contributed by atoms with Crippen LogP contribution in [0.15, 0.2) is 53.5 Å². The number of hydrogen-bond acceptors (Lipinski definition) is 3. The van der Waals surface area contributed by atoms with Crippen molar-refractivity contribution >= 4 is 33.3 Å². The van der Waals surface area contributed by atoms with Gasteiger partial charge in [0.2, 0.25) is 0 Å². The molecular weight excluding hydrogens is 254 g/mol. The van der Waals surface area contributed by atoms with Crippen LogP contribution in [0.3, 0.4) is 0 Å². The third-order valence-corrected chi connectivity index (χ3v) is 3.72. The monoisotopic (exact) mass is 267 g/mol. The summed E-state index contributed by atoms with van der Waals surface area (Å²) < 4.78 is 5.51. The van der Waals surface area contributed by atoms with Crippen LogP contribution in [0.4, 0.5) is 5.82 Å². The second-order valence-corrected chi connectivity index (χ2v) is 5.17. The standard InChI is InChI=1S/C15H13N3S/c1-10-7-8-13-12(9-10)15(18-19-13)17-14(16)11-5-3-2-4-6-11/h2-9H,1H3,(H2,16,17,18). The normalized spacial score (nSPS) is 11.9. The van der Waals surface area contributed by atoms with E-state index in [0.717, 1.165) is 15.6 Å². The molecule has 19 heavy (non-hydrogen) atoms. The summed E-state index contributed by atoms with van der Waals surface area (Å²) in [5, 5.41) is 1.06. The highest BCUT2D eigenvalue weighted by Crippen LogP contribution is 2.29. The summed E-state index contributed by atoms with van der Waals surface area (Å²) in [4.78, 5) is 4.45. The van der Waals surface area contributed by atoms with E-state index in [1.54, 1.807) is 0 Å². The van der Waals surface area contributed by atoms with Gasteiger partial charge < -0.3 is 5.73 Å². The fourth-order valence-corrected chi connectivity index (χ4v) is 2.61. The zero-order valence-corrected chi connectivity index (χ0v) is 11.3. The third-order valence-electron chi connectivity index (χ3n) is 2.90. The minimum absolute atomic E-state index is 0.495. The van der Waals surface area contributed by atoms with Crippen molar-refractivity contribution in [1.82, 2.24) is 4.37 Å². The summed E-state index contributed by atoms with van der Waals surface area (Å²) in [6.45, 7) is 2.06. The highest BCUT2D eigenvalue weighted by molar-refractivity contribution is 7.13. The van der Waals surface area contributed by atoms with Crippen molar-refractivity contribution in [2.45, 2.75) is 6.92 Å². The van der Waals surface area contributed by atoms with E-state index in [-0.39, 0.29) is 0 Å². The second kappa shape index (κ2) is 4.82. The molecule has 2 N–H and O–H groups in total. The Bertz CT molecular complexity index is 744. The molecule has 0 saturated carbocycles. The Kier molecular flexibility index (Phi) is 3.01. The highest BCUT2D eigenvalue weighted by Gasteiger charge is 2.06. The smallest absolute Gasteiger partial charge is 0.175 e. The van der Waals surface area contributed by atoms with Crippen LogP contribution >= 0.6 is 11.5 Å². The maximum Gasteiger partial charge on any atom is 0.175 e. The van der Waals surface area contributed by atoms with Gasteiger partial charge >= 0.3 is 0 Å². The quantitative estimate of drug-likeness (QED) is 0.569. The number of nitrogens with two attached hydrogens (primary N) is 1. The predicted octanol–water partition coefficient (Wildman–Crippen LogP) is 3.64. The molecule has 0 aliphatic carbocycles. The predicted molar refractivity (Wildman–Crippen MR) is 81.2 cm³/mol. The van der Waals surface area contributed by atoms with Crippen LogP contribution < -0.4 is 5.73 Å². The van der Waals surface area contributed by atoms with E-state index < -0.39 is 0 Å². The Morgan fingerprint density at radius 1 is 1.16 bits per heavy atom. The third kappa shape index (κ3) is 2.35. The van der Waals surface area contributed by atoms with Crippen molar-refractivity contribution < 1.29 is 0 Å². The van der Waals surface area contributed by atoms with Gasteiger partial charge in [0.1, 0.15) is 5.84 Å². The first kappa shape index (κ1) is 11.9. The van der Waals surface area contributed by atoms with E-state index >= 15 is 0 Å². The first-order chi connectivity index (χ1) is 9.24. The molecule has 3 rings (SSSR count). The molecule has 1 heterocycles. The first-order valence-corrected chi connectivity index (χ1v) is 6.77. The molecule has 0 radical (unpaired) electrons. The lowest BCUT2D eigenvalue weighted by Gasteiger charge is -1.99. The van der Waals surface area contributed by atoms with Gasteiger partial charge in [-0.15, -0.1) is 0 Å². The lowest BCUT2D eigenvalue weighted by Crippen LogP contribution is -2.12. The molecule has 3 nitrogen and oxygen atoms in total. The number of rotatable bonds is 2. The van der Waals surface area contributed by atoms with Gasteiger partial charge in [-0.1, -0.05) is 42.0 Å². The topological polar surface area (TPSA) is 51.3 Å². The number of hydrogen-bond donors (Lipinski definition) is 1. The van der Waals surface area contributed by atoms with Gasteiger partial charge in [0, 0.05) is 10.9 Å². The molecule has 2 aromatic carbocycles. The molecule has 0 unspecified atom stereocenters. The van der Waals surface area contributed by atoms with Crippen molar-refractivity contribution in [1.29, 1.82) is 0 Å². The lowest BCUT2D eigenvalue weighted by molar-refractivity contribution is 1.40. The van der Waals surface area contributed by atoms with E-state index in [0.29, 0.717) is 11.7 Å². The van der Waals surface area contributed by atoms with E-state index in [1.807, 2.05) is 30.3 Å². The summed E-state index contributed by atoms with van der Waals surface area (Å²) in [5.41, 5.74) is 8.14. The van der Waals surface area contributed by atoms with Crippen LogP contribution in [0.1, 0.15) is 11.1 Å². The fourth-order valence-electron chi connectivity index (χ4n) is 1.91. The average Bonchev–Trinajstić information content (AvgIpc) is 2.82. The van der Waals surface area contributed by atoms with Gasteiger partial charge in [-0.2, -0.15) is 4.37 Å². The van der Waals surface area contributed by atoms with E-state index in [2.05, 4.69) is 34.5 Å². The number of aromatic nitrogens is 1. The lowest BCUT2D eigenvalue weighted by atomic mass is 10.2. The molecule has 0 aliphatic heterocycles. The van der Waals surface area contributed by atoms with Crippen LogP contribution in [0.2, 0.25) is 0 Å². The molecule has 4 heteroatoms. The Morgan fingerprint density at radius 2 is 1.95 bits per heavy atom. The molecule has 3 aromatic rings. The van der Waals surface area contributed by atoms with Gasteiger partial charge in [-0.25, -0.2) is 4.99 Å². The van der Waals surface area contributed by atoms with Gasteiger partial charge in [-0.3, -0.25) is 0 Å². The van der Waals surface area contributed by atoms with Crippen molar-refractivity contribution in [3.8, 4) is 0 Å². The van der Waals surface area contributed by atoms with Crippen molar-refractivity contribution in [3.63, 3.8) is 0 Å². The molecule has 0 spiro atoms. The Hall–Kier alpha value is -2.20. The molecule has 0 atom stereocenters. The van der Waals surface area contributed by atoms with Crippen LogP contribution in [0, 0.1) is 6.92 Å². The van der Waals surface area contributed by atoms with Gasteiger partial charge in [0.15, 0.2) is 5.82 Å². The molecule has 1 aromatic heterocycles. The van der Waals surface area contributed by atoms with Gasteiger partial charge in [0.25, 0.3) is 0 Å². The number of aliphatic imine (C=N–C) groups is 1. The summed E-state index contributed by atoms with van der Waals surface area (Å²) >= 11 is 1.45. The summed E-state index contributed by atoms with van der Waals surface area (Å²) in [6.07, 6.45) is 0. The number of aryl methyl sites for hydroxylation is 1. The second-order valence-electron chi connectivity index (χ2n) is 4.37. The van der Waals surface area contributed by atoms with Gasteiger partial charge in [0.05, 0.1) is 4.70 Å². The Balaban J connectivity index is 2.08. The Morgan fingerprint density at radius 3 is 2.74 bits per heavy atom. The highest BCUT2D eigenvalue weighted by atomic mass is 32.1. The Labute approximate surface area is 115 Å². The summed E-state index contributed by atoms with van der Waals surface area (Å²) in [6, 6.07) is 16.0. The van der Waals surface area contributed by atoms with Crippen LogP contribution in [-0.4, -0.2) is 10.2 Å². The van der Waals surface area contributed by atoms with Crippen molar-refractivity contribution in [2.75, 3.05) is 0 Å². The number of fused-ring (bicyclic) bond motifs is 1. The number of amidine groups is 1. The first-order valence-electron chi connectivity index (χ1n) is 5.99. The summed E-state index contributed by atoms with van der Waals surface area (Å²) in [7, 11) is 0. The minimum atomic E-state index is 0.495. The minimum Gasteiger partial charge on any atom is -0.383 e. The van der Waals surface area contributed by atoms with Crippen LogP contribution in [0.5, 0.6) is 0 Å². The fraction of sp³-hybridized carbons (Fsp3) is 0.0667. The van der Waals surface area contributed by atoms with Gasteiger partial charge in [-0.05, 0) is 30.6 Å². The summed E-state index contributed by atoms with van der Waals surface area (Å²) in [5.74, 6) is 1.19. The molecule has 0 aliphatic rings. The maximum atomic E-state index is 6.03. The van der Waals surface area contributed by atoms with E-state index in [4.69, 9.17) is 5.73 Å². The van der Waals surface area contributed by atoms with Crippen LogP contribution in [-0.2, 0) is 0 Å². The number of nitrogens with zero attached hydrogens (tertiary/aromatic N) is 2. The molecular formula is C15H13N3S. The van der Waals surface area contributed by atoms with Crippen molar-refractivity contribution in [2.24, 2.45) is 10.7 Å². The van der Waals surface area contributed by atoms with Crippen molar-refractivity contribution in [3.05, 3.63) is 59.7 Å². The zero-order valence-electron chi connectivity index (χ0n) is 10.5.